The van der Waals surface area contributed by atoms with Crippen LogP contribution >= 0.6 is 34.9 Å². The van der Waals surface area contributed by atoms with Gasteiger partial charge in [0, 0.05) is 6.54 Å². The number of anilines is 1. The zero-order valence-electron chi connectivity index (χ0n) is 16.6. The van der Waals surface area contributed by atoms with Crippen LogP contribution in [0.4, 0.5) is 18.9 Å². The van der Waals surface area contributed by atoms with Gasteiger partial charge in [0.1, 0.15) is 5.82 Å². The zero-order chi connectivity index (χ0) is 22.7. The first-order valence-electron chi connectivity index (χ1n) is 9.43. The summed E-state index contributed by atoms with van der Waals surface area (Å²) < 4.78 is 44.0. The standard InChI is InChI=1S/C20H16F3N5OS3/c1-2-28-15(9-31-20-25-12-5-3-4-6-14(12)32-20)26-27-19(28)30-10-16(29)24-13-8-7-11(21)17(22)18(13)23/h3-8H,2,9-10H2,1H3,(H,24,29). The van der Waals surface area contributed by atoms with Crippen LogP contribution in [0.15, 0.2) is 45.9 Å². The van der Waals surface area contributed by atoms with Gasteiger partial charge < -0.3 is 9.88 Å². The number of nitrogens with one attached hydrogen (secondary N) is 1. The van der Waals surface area contributed by atoms with Gasteiger partial charge in [-0.05, 0) is 31.2 Å². The number of carbonyl (C=O) groups is 1. The van der Waals surface area contributed by atoms with E-state index in [0.29, 0.717) is 17.5 Å². The van der Waals surface area contributed by atoms with Crippen molar-refractivity contribution in [3.63, 3.8) is 0 Å². The van der Waals surface area contributed by atoms with E-state index < -0.39 is 29.0 Å². The molecule has 2 heterocycles. The molecule has 4 rings (SSSR count). The van der Waals surface area contributed by atoms with Crippen LogP contribution in [0.2, 0.25) is 0 Å². The monoisotopic (exact) mass is 495 g/mol. The summed E-state index contributed by atoms with van der Waals surface area (Å²) in [5.41, 5.74) is 0.538. The van der Waals surface area contributed by atoms with Crippen molar-refractivity contribution < 1.29 is 18.0 Å². The highest BCUT2D eigenvalue weighted by molar-refractivity contribution is 8.00. The number of fused-ring (bicyclic) bond motifs is 1. The highest BCUT2D eigenvalue weighted by Crippen LogP contribution is 2.31. The number of amides is 1. The van der Waals surface area contributed by atoms with Crippen LogP contribution in [0.5, 0.6) is 0 Å². The summed E-state index contributed by atoms with van der Waals surface area (Å²) in [5, 5.41) is 11.1. The summed E-state index contributed by atoms with van der Waals surface area (Å²) in [7, 11) is 0. The Morgan fingerprint density at radius 3 is 2.69 bits per heavy atom. The molecule has 32 heavy (non-hydrogen) atoms. The number of halogens is 3. The molecule has 0 aliphatic carbocycles. The lowest BCUT2D eigenvalue weighted by molar-refractivity contribution is -0.113. The second-order valence-electron chi connectivity index (χ2n) is 6.44. The maximum Gasteiger partial charge on any atom is 0.234 e. The van der Waals surface area contributed by atoms with E-state index in [1.54, 1.807) is 23.1 Å². The number of thiazole rings is 1. The van der Waals surface area contributed by atoms with E-state index in [-0.39, 0.29) is 5.75 Å². The Kier molecular flexibility index (Phi) is 7.01. The molecule has 0 unspecified atom stereocenters. The van der Waals surface area contributed by atoms with Crippen molar-refractivity contribution in [1.29, 1.82) is 0 Å². The molecular formula is C20H16F3N5OS3. The first-order chi connectivity index (χ1) is 15.5. The van der Waals surface area contributed by atoms with Crippen molar-refractivity contribution in [1.82, 2.24) is 19.7 Å². The highest BCUT2D eigenvalue weighted by atomic mass is 32.2. The van der Waals surface area contributed by atoms with Crippen molar-refractivity contribution in [3.8, 4) is 0 Å². The lowest BCUT2D eigenvalue weighted by Gasteiger charge is -2.08. The smallest absolute Gasteiger partial charge is 0.234 e. The fourth-order valence-electron chi connectivity index (χ4n) is 2.83. The lowest BCUT2D eigenvalue weighted by Crippen LogP contribution is -2.16. The molecule has 1 N–H and O–H groups in total. The van der Waals surface area contributed by atoms with E-state index in [2.05, 4.69) is 20.5 Å². The quantitative estimate of drug-likeness (QED) is 0.263. The van der Waals surface area contributed by atoms with Gasteiger partial charge in [-0.25, -0.2) is 18.2 Å². The second-order valence-corrected chi connectivity index (χ2v) is 9.63. The minimum Gasteiger partial charge on any atom is -0.323 e. The number of carbonyl (C=O) groups excluding carboxylic acids is 1. The zero-order valence-corrected chi connectivity index (χ0v) is 19.1. The molecule has 2 aromatic carbocycles. The molecule has 0 atom stereocenters. The molecule has 0 saturated carbocycles. The van der Waals surface area contributed by atoms with Gasteiger partial charge in [-0.3, -0.25) is 4.79 Å². The van der Waals surface area contributed by atoms with Crippen molar-refractivity contribution >= 4 is 56.7 Å². The molecule has 0 aliphatic rings. The van der Waals surface area contributed by atoms with Gasteiger partial charge in [0.15, 0.2) is 26.9 Å². The Morgan fingerprint density at radius 2 is 1.91 bits per heavy atom. The highest BCUT2D eigenvalue weighted by Gasteiger charge is 2.17. The maximum absolute atomic E-state index is 13.7. The molecule has 166 valence electrons. The van der Waals surface area contributed by atoms with Gasteiger partial charge in [0.2, 0.25) is 5.91 Å². The van der Waals surface area contributed by atoms with Gasteiger partial charge in [-0.15, -0.1) is 21.5 Å². The van der Waals surface area contributed by atoms with Crippen LogP contribution in [0.25, 0.3) is 10.2 Å². The molecule has 4 aromatic rings. The number of hydrogen-bond donors (Lipinski definition) is 1. The third kappa shape index (κ3) is 4.92. The third-order valence-electron chi connectivity index (χ3n) is 4.35. The molecule has 0 saturated heterocycles. The molecule has 12 heteroatoms. The largest absolute Gasteiger partial charge is 0.323 e. The van der Waals surface area contributed by atoms with Crippen LogP contribution in [0.1, 0.15) is 12.7 Å². The van der Waals surface area contributed by atoms with E-state index in [4.69, 9.17) is 0 Å². The van der Waals surface area contributed by atoms with Gasteiger partial charge in [0.25, 0.3) is 0 Å². The average molecular weight is 496 g/mol. The Labute approximate surface area is 193 Å². The molecule has 6 nitrogen and oxygen atoms in total. The van der Waals surface area contributed by atoms with Crippen molar-refractivity contribution in [2.24, 2.45) is 0 Å². The van der Waals surface area contributed by atoms with Crippen molar-refractivity contribution in [3.05, 3.63) is 59.7 Å². The fraction of sp³-hybridized carbons (Fsp3) is 0.200. The van der Waals surface area contributed by atoms with Crippen molar-refractivity contribution in [2.45, 2.75) is 28.7 Å². The molecule has 0 bridgehead atoms. The summed E-state index contributed by atoms with van der Waals surface area (Å²) in [6, 6.07) is 9.65. The fourth-order valence-corrected chi connectivity index (χ4v) is 5.66. The minimum absolute atomic E-state index is 0.0957. The minimum atomic E-state index is -1.63. The second kappa shape index (κ2) is 9.92. The van der Waals surface area contributed by atoms with E-state index in [1.807, 2.05) is 35.8 Å². The summed E-state index contributed by atoms with van der Waals surface area (Å²) in [4.78, 5) is 16.7. The van der Waals surface area contributed by atoms with Crippen LogP contribution in [0, 0.1) is 17.5 Å². The van der Waals surface area contributed by atoms with Crippen LogP contribution in [0.3, 0.4) is 0 Å². The maximum atomic E-state index is 13.7. The Morgan fingerprint density at radius 1 is 1.09 bits per heavy atom. The average Bonchev–Trinajstić information content (AvgIpc) is 3.39. The predicted octanol–water partition coefficient (Wildman–Crippen LogP) is 5.35. The first-order valence-corrected chi connectivity index (χ1v) is 12.2. The number of aromatic nitrogens is 4. The number of nitrogens with zero attached hydrogens (tertiary/aromatic N) is 4. The number of hydrogen-bond acceptors (Lipinski definition) is 7. The van der Waals surface area contributed by atoms with Crippen LogP contribution < -0.4 is 5.32 Å². The molecular weight excluding hydrogens is 479 g/mol. The Hall–Kier alpha value is -2.57. The van der Waals surface area contributed by atoms with Crippen LogP contribution in [-0.4, -0.2) is 31.4 Å². The summed E-state index contributed by atoms with van der Waals surface area (Å²) >= 11 is 4.29. The predicted molar refractivity (Wildman–Crippen MR) is 121 cm³/mol. The van der Waals surface area contributed by atoms with E-state index in [9.17, 15) is 18.0 Å². The molecule has 1 amide bonds. The number of thioether (sulfide) groups is 2. The van der Waals surface area contributed by atoms with E-state index in [0.717, 1.165) is 44.3 Å². The first kappa shape index (κ1) is 22.6. The van der Waals surface area contributed by atoms with E-state index >= 15 is 0 Å². The van der Waals surface area contributed by atoms with Crippen LogP contribution in [-0.2, 0) is 17.1 Å². The van der Waals surface area contributed by atoms with E-state index in [1.165, 1.54) is 0 Å². The summed E-state index contributed by atoms with van der Waals surface area (Å²) in [6.07, 6.45) is 0. The molecule has 0 aliphatic heterocycles. The number of benzene rings is 2. The molecule has 0 spiro atoms. The van der Waals surface area contributed by atoms with Crippen molar-refractivity contribution in [2.75, 3.05) is 11.1 Å². The van der Waals surface area contributed by atoms with Gasteiger partial charge in [-0.2, -0.15) is 0 Å². The molecule has 0 fully saturated rings. The van der Waals surface area contributed by atoms with Gasteiger partial charge >= 0.3 is 0 Å². The summed E-state index contributed by atoms with van der Waals surface area (Å²) in [6.45, 7) is 2.54. The molecule has 2 aromatic heterocycles. The Balaban J connectivity index is 1.37. The van der Waals surface area contributed by atoms with Gasteiger partial charge in [0.05, 0.1) is 27.4 Å². The normalized spacial score (nSPS) is 11.2. The summed E-state index contributed by atoms with van der Waals surface area (Å²) in [5.74, 6) is -3.75. The number of para-hydroxylation sites is 1. The Bertz CT molecular complexity index is 1240. The molecule has 0 radical (unpaired) electrons. The number of rotatable bonds is 8. The lowest BCUT2D eigenvalue weighted by atomic mass is 10.3. The third-order valence-corrected chi connectivity index (χ3v) is 7.49. The van der Waals surface area contributed by atoms with Gasteiger partial charge in [-0.1, -0.05) is 35.7 Å². The topological polar surface area (TPSA) is 72.7 Å². The SMILES string of the molecule is CCn1c(CSc2nc3ccccc3s2)nnc1SCC(=O)Nc1ccc(F)c(F)c1F.